The maximum Gasteiger partial charge on any atom is 0.186 e. The van der Waals surface area contributed by atoms with Gasteiger partial charge < -0.3 is 29.5 Å². The standard InChI is InChI=1S/C28H42O7/c1-15(18-14-23(3)25(5,35-23)21(30)33-18)26(31)11-12-27(32)17-13-20-28(34-20)9-6-7-19(29)24(28,4)16(17)8-10-22(26,27)2/h15-18,20-21,30-32H,6-14H2,1-5H3/t15-,16+,17-,18-,20-,21-,22-,23+,24+,25-,26-,27+,28-/m1/s1. The first-order valence-corrected chi connectivity index (χ1v) is 13.9. The van der Waals surface area contributed by atoms with E-state index in [1.807, 2.05) is 20.8 Å². The molecule has 0 aromatic rings. The lowest BCUT2D eigenvalue weighted by atomic mass is 9.42. The molecule has 7 aliphatic rings. The van der Waals surface area contributed by atoms with Gasteiger partial charge in [0.1, 0.15) is 22.6 Å². The lowest BCUT2D eigenvalue weighted by Crippen LogP contribution is -2.69. The summed E-state index contributed by atoms with van der Waals surface area (Å²) in [5.41, 5.74) is -4.96. The third-order valence-corrected chi connectivity index (χ3v) is 13.4. The monoisotopic (exact) mass is 490 g/mol. The number of rotatable bonds is 2. The van der Waals surface area contributed by atoms with Gasteiger partial charge in [0.15, 0.2) is 6.29 Å². The molecule has 0 radical (unpaired) electrons. The van der Waals surface area contributed by atoms with Crippen molar-refractivity contribution in [1.82, 2.24) is 0 Å². The second kappa shape index (κ2) is 6.35. The van der Waals surface area contributed by atoms with E-state index in [1.165, 1.54) is 0 Å². The van der Waals surface area contributed by atoms with E-state index >= 15 is 0 Å². The van der Waals surface area contributed by atoms with Gasteiger partial charge in [0.2, 0.25) is 0 Å². The molecule has 3 N–H and O–H groups in total. The summed E-state index contributed by atoms with van der Waals surface area (Å²) in [4.78, 5) is 13.4. The number of epoxide rings is 2. The molecule has 0 bridgehead atoms. The number of aliphatic hydroxyl groups excluding tert-OH is 1. The van der Waals surface area contributed by atoms with E-state index in [0.29, 0.717) is 37.9 Å². The molecule has 1 spiro atoms. The van der Waals surface area contributed by atoms with Crippen LogP contribution in [0.2, 0.25) is 0 Å². The minimum Gasteiger partial charge on any atom is -0.389 e. The van der Waals surface area contributed by atoms with Crippen molar-refractivity contribution in [2.45, 2.75) is 139 Å². The van der Waals surface area contributed by atoms with Crippen LogP contribution in [-0.2, 0) is 19.0 Å². The number of aliphatic hydroxyl groups is 3. The van der Waals surface area contributed by atoms with E-state index < -0.39 is 39.5 Å². The van der Waals surface area contributed by atoms with Gasteiger partial charge in [0.05, 0.1) is 28.8 Å². The highest BCUT2D eigenvalue weighted by atomic mass is 16.7. The molecule has 4 aliphatic carbocycles. The SMILES string of the molecule is C[C@H]([C@H]1C[C@]2(C)O[C@]2(C)[C@H](O)O1)[C@]1(O)CC[C@]2(O)[C@@H]3C[C@H]4O[C@]45CCCC(=O)[C@]5(C)[C@H]3CC[C@]12C. The summed E-state index contributed by atoms with van der Waals surface area (Å²) in [5.74, 6) is 0.0303. The fraction of sp³-hybridized carbons (Fsp3) is 0.964. The van der Waals surface area contributed by atoms with E-state index in [1.54, 1.807) is 0 Å². The predicted octanol–water partition coefficient (Wildman–Crippen LogP) is 2.87. The zero-order valence-corrected chi connectivity index (χ0v) is 21.8. The van der Waals surface area contributed by atoms with Crippen molar-refractivity contribution in [1.29, 1.82) is 0 Å². The lowest BCUT2D eigenvalue weighted by molar-refractivity contribution is -0.259. The van der Waals surface area contributed by atoms with Crippen molar-refractivity contribution in [2.24, 2.45) is 28.6 Å². The van der Waals surface area contributed by atoms with Crippen molar-refractivity contribution in [3.05, 3.63) is 0 Å². The molecule has 0 aromatic heterocycles. The molecular weight excluding hydrogens is 448 g/mol. The van der Waals surface area contributed by atoms with Crippen LogP contribution in [0.1, 0.15) is 92.4 Å². The number of hydrogen-bond acceptors (Lipinski definition) is 7. The molecule has 3 heterocycles. The number of Topliss-reactive ketones (excluding diaryl/α,β-unsaturated/α-hetero) is 1. The second-order valence-electron chi connectivity index (χ2n) is 14.1. The summed E-state index contributed by atoms with van der Waals surface area (Å²) in [6, 6.07) is 0. The van der Waals surface area contributed by atoms with Crippen LogP contribution in [0, 0.1) is 28.6 Å². The predicted molar refractivity (Wildman–Crippen MR) is 125 cm³/mol. The Hall–Kier alpha value is -0.570. The third-order valence-electron chi connectivity index (χ3n) is 13.4. The summed E-state index contributed by atoms with van der Waals surface area (Å²) in [7, 11) is 0. The van der Waals surface area contributed by atoms with Crippen molar-refractivity contribution in [3.63, 3.8) is 0 Å². The molecule has 196 valence electrons. The Morgan fingerprint density at radius 1 is 1.03 bits per heavy atom. The van der Waals surface area contributed by atoms with Crippen LogP contribution in [0.3, 0.4) is 0 Å². The molecule has 4 saturated carbocycles. The Labute approximate surface area is 207 Å². The van der Waals surface area contributed by atoms with Gasteiger partial charge >= 0.3 is 0 Å². The van der Waals surface area contributed by atoms with Gasteiger partial charge in [-0.25, -0.2) is 0 Å². The van der Waals surface area contributed by atoms with Gasteiger partial charge in [0, 0.05) is 24.2 Å². The maximum atomic E-state index is 13.4. The third kappa shape index (κ3) is 2.32. The molecule has 3 aliphatic heterocycles. The van der Waals surface area contributed by atoms with Gasteiger partial charge in [-0.1, -0.05) is 13.8 Å². The quantitative estimate of drug-likeness (QED) is 0.510. The van der Waals surface area contributed by atoms with E-state index in [2.05, 4.69) is 13.8 Å². The van der Waals surface area contributed by atoms with Crippen LogP contribution in [-0.4, -0.2) is 67.6 Å². The van der Waals surface area contributed by atoms with Gasteiger partial charge in [-0.05, 0) is 77.6 Å². The van der Waals surface area contributed by atoms with Crippen LogP contribution in [0.25, 0.3) is 0 Å². The molecule has 3 saturated heterocycles. The van der Waals surface area contributed by atoms with E-state index in [0.717, 1.165) is 25.7 Å². The average molecular weight is 491 g/mol. The fourth-order valence-corrected chi connectivity index (χ4v) is 10.6. The maximum absolute atomic E-state index is 13.4. The number of hydrogen-bond donors (Lipinski definition) is 3. The topological polar surface area (TPSA) is 112 Å². The summed E-state index contributed by atoms with van der Waals surface area (Å²) in [6.45, 7) is 10.1. The van der Waals surface area contributed by atoms with Gasteiger partial charge in [-0.3, -0.25) is 4.79 Å². The lowest BCUT2D eigenvalue weighted by Gasteiger charge is -2.63. The van der Waals surface area contributed by atoms with Crippen molar-refractivity contribution < 1.29 is 34.3 Å². The van der Waals surface area contributed by atoms with Gasteiger partial charge in [0.25, 0.3) is 0 Å². The number of carbonyl (C=O) groups excluding carboxylic acids is 1. The first-order chi connectivity index (χ1) is 16.2. The minimum atomic E-state index is -1.15. The number of ether oxygens (including phenoxy) is 3. The van der Waals surface area contributed by atoms with Crippen molar-refractivity contribution in [3.8, 4) is 0 Å². The molecule has 13 atom stereocenters. The first-order valence-electron chi connectivity index (χ1n) is 13.9. The van der Waals surface area contributed by atoms with Gasteiger partial charge in [-0.2, -0.15) is 0 Å². The summed E-state index contributed by atoms with van der Waals surface area (Å²) >= 11 is 0. The van der Waals surface area contributed by atoms with E-state index in [9.17, 15) is 20.1 Å². The molecule has 7 rings (SSSR count). The van der Waals surface area contributed by atoms with Crippen LogP contribution >= 0.6 is 0 Å². The van der Waals surface area contributed by atoms with Crippen LogP contribution in [0.5, 0.6) is 0 Å². The molecular formula is C28H42O7. The minimum absolute atomic E-state index is 0.0389. The number of carbonyl (C=O) groups is 1. The van der Waals surface area contributed by atoms with Crippen molar-refractivity contribution in [2.75, 3.05) is 0 Å². The van der Waals surface area contributed by atoms with Gasteiger partial charge in [-0.15, -0.1) is 0 Å². The van der Waals surface area contributed by atoms with Crippen molar-refractivity contribution >= 4 is 5.78 Å². The first kappa shape index (κ1) is 23.5. The highest BCUT2D eigenvalue weighted by molar-refractivity contribution is 5.88. The highest BCUT2D eigenvalue weighted by Crippen LogP contribution is 2.75. The molecule has 0 aromatic carbocycles. The largest absolute Gasteiger partial charge is 0.389 e. The Kier molecular flexibility index (Phi) is 4.27. The van der Waals surface area contributed by atoms with E-state index in [4.69, 9.17) is 14.2 Å². The van der Waals surface area contributed by atoms with Crippen LogP contribution in [0.15, 0.2) is 0 Å². The Bertz CT molecular complexity index is 1000. The summed E-state index contributed by atoms with van der Waals surface area (Å²) in [5, 5.41) is 35.6. The smallest absolute Gasteiger partial charge is 0.186 e. The molecule has 0 amide bonds. The summed E-state index contributed by atoms with van der Waals surface area (Å²) < 4.78 is 18.3. The molecule has 7 heteroatoms. The molecule has 0 unspecified atom stereocenters. The zero-order valence-electron chi connectivity index (χ0n) is 21.8. The normalized spacial score (nSPS) is 65.4. The van der Waals surface area contributed by atoms with Crippen LogP contribution < -0.4 is 0 Å². The molecule has 7 nitrogen and oxygen atoms in total. The second-order valence-corrected chi connectivity index (χ2v) is 14.1. The molecule has 7 fully saturated rings. The molecule has 35 heavy (non-hydrogen) atoms. The Morgan fingerprint density at radius 3 is 2.49 bits per heavy atom. The highest BCUT2D eigenvalue weighted by Gasteiger charge is 2.82. The average Bonchev–Trinajstić information content (AvgIpc) is 3.64. The Morgan fingerprint density at radius 2 is 1.77 bits per heavy atom. The zero-order chi connectivity index (χ0) is 25.0. The summed E-state index contributed by atoms with van der Waals surface area (Å²) in [6.07, 6.45) is 4.94. The van der Waals surface area contributed by atoms with E-state index in [-0.39, 0.29) is 35.6 Å². The number of ketones is 1. The Balaban J connectivity index is 1.22. The number of fused-ring (bicyclic) bond motifs is 5. The fourth-order valence-electron chi connectivity index (χ4n) is 10.6. The van der Waals surface area contributed by atoms with Crippen LogP contribution in [0.4, 0.5) is 0 Å².